The minimum Gasteiger partial charge on any atom is -0.300 e. The molecule has 0 aliphatic carbocycles. The molecule has 19 heavy (non-hydrogen) atoms. The molecule has 0 bridgehead atoms. The predicted molar refractivity (Wildman–Crippen MR) is 81.4 cm³/mol. The lowest BCUT2D eigenvalue weighted by atomic mass is 10.3. The third kappa shape index (κ3) is 3.15. The van der Waals surface area contributed by atoms with Crippen LogP contribution in [0.5, 0.6) is 0 Å². The first-order chi connectivity index (χ1) is 9.02. The number of halogens is 1. The Balaban J connectivity index is 2.29. The largest absolute Gasteiger partial charge is 0.300 e. The molecule has 104 valence electrons. The molecule has 2 aromatic rings. The van der Waals surface area contributed by atoms with Gasteiger partial charge in [0.2, 0.25) is 5.78 Å². The fourth-order valence-corrected chi connectivity index (χ4v) is 2.89. The van der Waals surface area contributed by atoms with Gasteiger partial charge in [0.05, 0.1) is 5.69 Å². The van der Waals surface area contributed by atoms with Crippen molar-refractivity contribution in [3.63, 3.8) is 0 Å². The first-order valence-corrected chi connectivity index (χ1v) is 7.51. The minimum absolute atomic E-state index is 0.781. The number of nitrogens with zero attached hydrogens (tertiary/aromatic N) is 4. The number of rotatable bonds is 5. The zero-order chi connectivity index (χ0) is 14.0. The SMILES string of the molecule is CCCCN(C)Cc1nc2nc(C)cc(C)n2c1Br. The maximum absolute atomic E-state index is 4.65. The zero-order valence-corrected chi connectivity index (χ0v) is 13.7. The molecule has 2 rings (SSSR count). The molecule has 0 aromatic carbocycles. The summed E-state index contributed by atoms with van der Waals surface area (Å²) in [4.78, 5) is 11.4. The molecule has 2 heterocycles. The van der Waals surface area contributed by atoms with Gasteiger partial charge >= 0.3 is 0 Å². The molecule has 2 aromatic heterocycles. The average Bonchev–Trinajstić information content (AvgIpc) is 2.63. The Morgan fingerprint density at radius 2 is 2.05 bits per heavy atom. The topological polar surface area (TPSA) is 33.4 Å². The Kier molecular flexibility index (Phi) is 4.58. The number of aryl methyl sites for hydroxylation is 2. The number of imidazole rings is 1. The number of hydrogen-bond donors (Lipinski definition) is 0. The van der Waals surface area contributed by atoms with Crippen LogP contribution in [0.4, 0.5) is 0 Å². The second kappa shape index (κ2) is 6.01. The van der Waals surface area contributed by atoms with Crippen molar-refractivity contribution in [2.24, 2.45) is 0 Å². The van der Waals surface area contributed by atoms with E-state index in [1.807, 2.05) is 6.92 Å². The fraction of sp³-hybridized carbons (Fsp3) is 0.571. The van der Waals surface area contributed by atoms with E-state index in [-0.39, 0.29) is 0 Å². The lowest BCUT2D eigenvalue weighted by Gasteiger charge is -2.14. The Morgan fingerprint density at radius 3 is 2.74 bits per heavy atom. The highest BCUT2D eigenvalue weighted by Crippen LogP contribution is 2.21. The van der Waals surface area contributed by atoms with Gasteiger partial charge in [0.25, 0.3) is 0 Å². The van der Waals surface area contributed by atoms with Crippen LogP contribution in [-0.4, -0.2) is 32.9 Å². The second-order valence-electron chi connectivity index (χ2n) is 5.11. The van der Waals surface area contributed by atoms with Gasteiger partial charge in [-0.2, -0.15) is 0 Å². The summed E-state index contributed by atoms with van der Waals surface area (Å²) >= 11 is 3.66. The average molecular weight is 325 g/mol. The van der Waals surface area contributed by atoms with Gasteiger partial charge in [-0.25, -0.2) is 9.97 Å². The van der Waals surface area contributed by atoms with Crippen molar-refractivity contribution in [1.82, 2.24) is 19.3 Å². The van der Waals surface area contributed by atoms with Crippen molar-refractivity contribution in [3.8, 4) is 0 Å². The van der Waals surface area contributed by atoms with E-state index in [0.717, 1.165) is 40.6 Å². The normalized spacial score (nSPS) is 11.7. The summed E-state index contributed by atoms with van der Waals surface area (Å²) in [5, 5.41) is 0. The molecular weight excluding hydrogens is 304 g/mol. The van der Waals surface area contributed by atoms with Crippen LogP contribution >= 0.6 is 15.9 Å². The summed E-state index contributed by atoms with van der Waals surface area (Å²) in [5.74, 6) is 0.781. The van der Waals surface area contributed by atoms with Crippen LogP contribution in [0.1, 0.15) is 36.8 Å². The lowest BCUT2D eigenvalue weighted by molar-refractivity contribution is 0.317. The standard InChI is InChI=1S/C14H21BrN4/c1-5-6-7-18(4)9-12-13(15)19-11(3)8-10(2)16-14(19)17-12/h8H,5-7,9H2,1-4H3. The van der Waals surface area contributed by atoms with E-state index in [0.29, 0.717) is 0 Å². The molecule has 0 N–H and O–H groups in total. The summed E-state index contributed by atoms with van der Waals surface area (Å²) in [6, 6.07) is 2.07. The Bertz CT molecular complexity index is 576. The van der Waals surface area contributed by atoms with Crippen LogP contribution in [0.25, 0.3) is 5.78 Å². The highest BCUT2D eigenvalue weighted by molar-refractivity contribution is 9.10. The summed E-state index contributed by atoms with van der Waals surface area (Å²) in [6.45, 7) is 8.25. The molecule has 0 aliphatic rings. The molecular formula is C14H21BrN4. The van der Waals surface area contributed by atoms with Crippen LogP contribution < -0.4 is 0 Å². The van der Waals surface area contributed by atoms with Crippen LogP contribution in [0, 0.1) is 13.8 Å². The number of hydrogen-bond acceptors (Lipinski definition) is 3. The summed E-state index contributed by atoms with van der Waals surface area (Å²) < 4.78 is 3.09. The van der Waals surface area contributed by atoms with Gasteiger partial charge in [-0.3, -0.25) is 4.40 Å². The Labute approximate surface area is 123 Å². The van der Waals surface area contributed by atoms with Crippen molar-refractivity contribution >= 4 is 21.7 Å². The second-order valence-corrected chi connectivity index (χ2v) is 5.87. The van der Waals surface area contributed by atoms with E-state index >= 15 is 0 Å². The first kappa shape index (κ1) is 14.5. The molecule has 0 saturated carbocycles. The minimum atomic E-state index is 0.781. The fourth-order valence-electron chi connectivity index (χ4n) is 2.24. The molecule has 4 nitrogen and oxygen atoms in total. The van der Waals surface area contributed by atoms with E-state index in [2.05, 4.69) is 62.2 Å². The van der Waals surface area contributed by atoms with E-state index < -0.39 is 0 Å². The molecule has 0 atom stereocenters. The third-order valence-corrected chi connectivity index (χ3v) is 4.04. The molecule has 0 spiro atoms. The molecule has 0 fully saturated rings. The maximum atomic E-state index is 4.65. The van der Waals surface area contributed by atoms with Gasteiger partial charge in [-0.1, -0.05) is 13.3 Å². The van der Waals surface area contributed by atoms with Crippen molar-refractivity contribution in [2.75, 3.05) is 13.6 Å². The summed E-state index contributed by atoms with van der Waals surface area (Å²) in [5.41, 5.74) is 3.22. The van der Waals surface area contributed by atoms with Crippen LogP contribution in [-0.2, 0) is 6.54 Å². The van der Waals surface area contributed by atoms with E-state index in [9.17, 15) is 0 Å². The molecule has 0 aliphatic heterocycles. The molecule has 0 unspecified atom stereocenters. The van der Waals surface area contributed by atoms with Gasteiger partial charge in [-0.15, -0.1) is 0 Å². The highest BCUT2D eigenvalue weighted by atomic mass is 79.9. The first-order valence-electron chi connectivity index (χ1n) is 6.72. The van der Waals surface area contributed by atoms with E-state index in [4.69, 9.17) is 0 Å². The number of unbranched alkanes of at least 4 members (excludes halogenated alkanes) is 1. The lowest BCUT2D eigenvalue weighted by Crippen LogP contribution is -2.19. The molecule has 0 radical (unpaired) electrons. The maximum Gasteiger partial charge on any atom is 0.235 e. The monoisotopic (exact) mass is 324 g/mol. The van der Waals surface area contributed by atoms with Crippen molar-refractivity contribution < 1.29 is 0 Å². The van der Waals surface area contributed by atoms with Crippen LogP contribution in [0.15, 0.2) is 10.7 Å². The van der Waals surface area contributed by atoms with Gasteiger partial charge in [0.1, 0.15) is 4.60 Å². The summed E-state index contributed by atoms with van der Waals surface area (Å²) in [6.07, 6.45) is 2.44. The molecule has 5 heteroatoms. The Morgan fingerprint density at radius 1 is 1.32 bits per heavy atom. The van der Waals surface area contributed by atoms with Gasteiger partial charge in [-0.05, 0) is 55.9 Å². The van der Waals surface area contributed by atoms with E-state index in [1.54, 1.807) is 0 Å². The third-order valence-electron chi connectivity index (χ3n) is 3.23. The van der Waals surface area contributed by atoms with Crippen molar-refractivity contribution in [1.29, 1.82) is 0 Å². The molecule has 0 saturated heterocycles. The molecule has 0 amide bonds. The Hall–Kier alpha value is -0.940. The van der Waals surface area contributed by atoms with Crippen LogP contribution in [0.3, 0.4) is 0 Å². The quantitative estimate of drug-likeness (QED) is 0.845. The van der Waals surface area contributed by atoms with Gasteiger partial charge < -0.3 is 4.90 Å². The van der Waals surface area contributed by atoms with Gasteiger partial charge in [0, 0.05) is 17.9 Å². The van der Waals surface area contributed by atoms with Crippen LogP contribution in [0.2, 0.25) is 0 Å². The smallest absolute Gasteiger partial charge is 0.235 e. The van der Waals surface area contributed by atoms with Crippen molar-refractivity contribution in [2.45, 2.75) is 40.2 Å². The van der Waals surface area contributed by atoms with E-state index in [1.165, 1.54) is 12.8 Å². The number of fused-ring (bicyclic) bond motifs is 1. The highest BCUT2D eigenvalue weighted by Gasteiger charge is 2.14. The zero-order valence-electron chi connectivity index (χ0n) is 12.1. The number of aromatic nitrogens is 3. The predicted octanol–water partition coefficient (Wildman–Crippen LogP) is 3.34. The summed E-state index contributed by atoms with van der Waals surface area (Å²) in [7, 11) is 2.14. The van der Waals surface area contributed by atoms with Crippen molar-refractivity contribution in [3.05, 3.63) is 27.8 Å². The van der Waals surface area contributed by atoms with Gasteiger partial charge in [0.15, 0.2) is 0 Å².